The number of hydrogen-bond acceptors (Lipinski definition) is 1. The Hall–Kier alpha value is -0.590. The zero-order valence-electron chi connectivity index (χ0n) is 9.09. The van der Waals surface area contributed by atoms with E-state index < -0.39 is 0 Å². The molecule has 1 fully saturated rings. The first-order valence-electron chi connectivity index (χ1n) is 6.04. The van der Waals surface area contributed by atoms with Gasteiger partial charge in [0, 0.05) is 6.42 Å². The smallest absolute Gasteiger partial charge is 0.155 e. The van der Waals surface area contributed by atoms with E-state index >= 15 is 0 Å². The van der Waals surface area contributed by atoms with E-state index in [1.165, 1.54) is 44.1 Å². The van der Waals surface area contributed by atoms with Crippen molar-refractivity contribution < 1.29 is 4.79 Å². The Kier molecular flexibility index (Phi) is 3.05. The van der Waals surface area contributed by atoms with Crippen molar-refractivity contribution in [2.75, 3.05) is 0 Å². The van der Waals surface area contributed by atoms with E-state index in [9.17, 15) is 4.79 Å². The maximum absolute atomic E-state index is 11.5. The lowest BCUT2D eigenvalue weighted by Gasteiger charge is -2.35. The molecule has 0 bridgehead atoms. The second-order valence-corrected chi connectivity index (χ2v) is 4.79. The summed E-state index contributed by atoms with van der Waals surface area (Å²) in [5.74, 6) is 1.82. The SMILES string of the molecule is CCCC1CC(=O)C=C2CCCCC21. The second kappa shape index (κ2) is 4.29. The van der Waals surface area contributed by atoms with Gasteiger partial charge in [-0.3, -0.25) is 4.79 Å². The largest absolute Gasteiger partial charge is 0.295 e. The molecule has 2 unspecified atom stereocenters. The number of carbonyl (C=O) groups excluding carboxylic acids is 1. The molecular formula is C13H20O. The molecule has 0 radical (unpaired) electrons. The molecule has 1 heteroatoms. The van der Waals surface area contributed by atoms with Crippen LogP contribution in [0.5, 0.6) is 0 Å². The first-order chi connectivity index (χ1) is 6.81. The van der Waals surface area contributed by atoms with Crippen LogP contribution < -0.4 is 0 Å². The molecule has 0 saturated heterocycles. The first-order valence-corrected chi connectivity index (χ1v) is 6.04. The summed E-state index contributed by atoms with van der Waals surface area (Å²) in [6.07, 6.45) is 10.4. The van der Waals surface area contributed by atoms with Crippen LogP contribution in [0.1, 0.15) is 51.9 Å². The molecule has 1 saturated carbocycles. The van der Waals surface area contributed by atoms with E-state index in [1.807, 2.05) is 6.08 Å². The Morgan fingerprint density at radius 1 is 1.43 bits per heavy atom. The number of rotatable bonds is 2. The predicted molar refractivity (Wildman–Crippen MR) is 58.1 cm³/mol. The fourth-order valence-corrected chi connectivity index (χ4v) is 3.12. The van der Waals surface area contributed by atoms with Crippen LogP contribution in [-0.2, 0) is 4.79 Å². The summed E-state index contributed by atoms with van der Waals surface area (Å²) in [4.78, 5) is 11.5. The highest BCUT2D eigenvalue weighted by atomic mass is 16.1. The molecule has 2 rings (SSSR count). The van der Waals surface area contributed by atoms with E-state index in [0.717, 1.165) is 12.3 Å². The van der Waals surface area contributed by atoms with Gasteiger partial charge < -0.3 is 0 Å². The highest BCUT2D eigenvalue weighted by Crippen LogP contribution is 2.41. The molecule has 0 heterocycles. The Morgan fingerprint density at radius 2 is 2.29 bits per heavy atom. The maximum Gasteiger partial charge on any atom is 0.155 e. The van der Waals surface area contributed by atoms with Gasteiger partial charge in [-0.05, 0) is 43.6 Å². The van der Waals surface area contributed by atoms with Crippen molar-refractivity contribution >= 4 is 5.78 Å². The summed E-state index contributed by atoms with van der Waals surface area (Å²) in [7, 11) is 0. The molecule has 0 aromatic carbocycles. The number of fused-ring (bicyclic) bond motifs is 1. The predicted octanol–water partition coefficient (Wildman–Crippen LogP) is 3.49. The van der Waals surface area contributed by atoms with E-state index in [1.54, 1.807) is 0 Å². The molecular weight excluding hydrogens is 172 g/mol. The number of allylic oxidation sites excluding steroid dienone is 2. The Morgan fingerprint density at radius 3 is 3.07 bits per heavy atom. The third-order valence-corrected chi connectivity index (χ3v) is 3.75. The minimum absolute atomic E-state index is 0.386. The Labute approximate surface area is 86.6 Å². The molecule has 0 N–H and O–H groups in total. The molecule has 0 aliphatic heterocycles. The van der Waals surface area contributed by atoms with Gasteiger partial charge in [-0.15, -0.1) is 0 Å². The monoisotopic (exact) mass is 192 g/mol. The van der Waals surface area contributed by atoms with Crippen LogP contribution in [0.25, 0.3) is 0 Å². The van der Waals surface area contributed by atoms with Crippen molar-refractivity contribution in [1.29, 1.82) is 0 Å². The lowest BCUT2D eigenvalue weighted by atomic mass is 9.69. The fraction of sp³-hybridized carbons (Fsp3) is 0.769. The highest BCUT2D eigenvalue weighted by Gasteiger charge is 2.31. The van der Waals surface area contributed by atoms with Crippen LogP contribution in [0.4, 0.5) is 0 Å². The molecule has 1 nitrogen and oxygen atoms in total. The van der Waals surface area contributed by atoms with Gasteiger partial charge in [0.05, 0.1) is 0 Å². The van der Waals surface area contributed by atoms with Crippen LogP contribution in [0.15, 0.2) is 11.6 Å². The van der Waals surface area contributed by atoms with Crippen LogP contribution in [0, 0.1) is 11.8 Å². The van der Waals surface area contributed by atoms with E-state index in [2.05, 4.69) is 6.92 Å². The standard InChI is InChI=1S/C13H20O/c1-2-5-10-8-12(14)9-11-6-3-4-7-13(10)11/h9-10,13H,2-8H2,1H3. The van der Waals surface area contributed by atoms with Crippen LogP contribution in [0.3, 0.4) is 0 Å². The number of hydrogen-bond donors (Lipinski definition) is 0. The molecule has 2 aliphatic rings. The van der Waals surface area contributed by atoms with Gasteiger partial charge in [0.2, 0.25) is 0 Å². The van der Waals surface area contributed by atoms with Crippen molar-refractivity contribution in [3.05, 3.63) is 11.6 Å². The van der Waals surface area contributed by atoms with E-state index in [0.29, 0.717) is 11.7 Å². The highest BCUT2D eigenvalue weighted by molar-refractivity contribution is 5.91. The molecule has 0 aromatic rings. The molecule has 0 spiro atoms. The van der Waals surface area contributed by atoms with Crippen LogP contribution in [-0.4, -0.2) is 5.78 Å². The molecule has 14 heavy (non-hydrogen) atoms. The number of ketones is 1. The summed E-state index contributed by atoms with van der Waals surface area (Å²) in [5, 5.41) is 0. The van der Waals surface area contributed by atoms with Crippen molar-refractivity contribution in [3.63, 3.8) is 0 Å². The normalized spacial score (nSPS) is 32.4. The Bertz CT molecular complexity index is 252. The first kappa shape index (κ1) is 9.95. The van der Waals surface area contributed by atoms with Gasteiger partial charge >= 0.3 is 0 Å². The molecule has 2 aliphatic carbocycles. The summed E-state index contributed by atoms with van der Waals surface area (Å²) < 4.78 is 0. The Balaban J connectivity index is 2.13. The molecule has 0 amide bonds. The van der Waals surface area contributed by atoms with Crippen molar-refractivity contribution in [2.24, 2.45) is 11.8 Å². The lowest BCUT2D eigenvalue weighted by Crippen LogP contribution is -2.27. The minimum atomic E-state index is 0.386. The van der Waals surface area contributed by atoms with Gasteiger partial charge in [0.1, 0.15) is 0 Å². The maximum atomic E-state index is 11.5. The van der Waals surface area contributed by atoms with Gasteiger partial charge in [-0.2, -0.15) is 0 Å². The quantitative estimate of drug-likeness (QED) is 0.654. The average molecular weight is 192 g/mol. The zero-order chi connectivity index (χ0) is 9.97. The minimum Gasteiger partial charge on any atom is -0.295 e. The third kappa shape index (κ3) is 1.92. The van der Waals surface area contributed by atoms with Crippen molar-refractivity contribution in [3.8, 4) is 0 Å². The fourth-order valence-electron chi connectivity index (χ4n) is 3.12. The lowest BCUT2D eigenvalue weighted by molar-refractivity contribution is -0.116. The third-order valence-electron chi connectivity index (χ3n) is 3.75. The van der Waals surface area contributed by atoms with Crippen LogP contribution in [0.2, 0.25) is 0 Å². The van der Waals surface area contributed by atoms with E-state index in [4.69, 9.17) is 0 Å². The van der Waals surface area contributed by atoms with E-state index in [-0.39, 0.29) is 0 Å². The summed E-state index contributed by atoms with van der Waals surface area (Å²) in [5.41, 5.74) is 1.48. The number of carbonyl (C=O) groups is 1. The molecule has 78 valence electrons. The molecule has 0 aromatic heterocycles. The molecule has 2 atom stereocenters. The van der Waals surface area contributed by atoms with Crippen molar-refractivity contribution in [1.82, 2.24) is 0 Å². The van der Waals surface area contributed by atoms with Crippen molar-refractivity contribution in [2.45, 2.75) is 51.9 Å². The average Bonchev–Trinajstić information content (AvgIpc) is 2.18. The topological polar surface area (TPSA) is 17.1 Å². The second-order valence-electron chi connectivity index (χ2n) is 4.79. The van der Waals surface area contributed by atoms with Gasteiger partial charge in [0.15, 0.2) is 5.78 Å². The van der Waals surface area contributed by atoms with Gasteiger partial charge in [0.25, 0.3) is 0 Å². The summed E-state index contributed by atoms with van der Waals surface area (Å²) >= 11 is 0. The van der Waals surface area contributed by atoms with Gasteiger partial charge in [-0.1, -0.05) is 25.3 Å². The zero-order valence-corrected chi connectivity index (χ0v) is 9.09. The summed E-state index contributed by atoms with van der Waals surface area (Å²) in [6, 6.07) is 0. The van der Waals surface area contributed by atoms with Crippen LogP contribution >= 0.6 is 0 Å². The summed E-state index contributed by atoms with van der Waals surface area (Å²) in [6.45, 7) is 2.23. The van der Waals surface area contributed by atoms with Gasteiger partial charge in [-0.25, -0.2) is 0 Å².